The van der Waals surface area contributed by atoms with Crippen molar-refractivity contribution in [1.29, 1.82) is 0 Å². The summed E-state index contributed by atoms with van der Waals surface area (Å²) in [6, 6.07) is 10.1. The topological polar surface area (TPSA) is 103 Å². The van der Waals surface area contributed by atoms with Crippen molar-refractivity contribution in [3.05, 3.63) is 35.9 Å². The molecule has 0 aromatic heterocycles. The van der Waals surface area contributed by atoms with Gasteiger partial charge in [0.1, 0.15) is 13.2 Å². The van der Waals surface area contributed by atoms with Gasteiger partial charge in [-0.25, -0.2) is 4.79 Å². The fourth-order valence-corrected chi connectivity index (χ4v) is 2.34. The average Bonchev–Trinajstić information content (AvgIpc) is 2.50. The number of hydrogen-bond donors (Lipinski definition) is 3. The molecule has 126 valence electrons. The van der Waals surface area contributed by atoms with Crippen molar-refractivity contribution in [2.24, 2.45) is 5.73 Å². The second-order valence-corrected chi connectivity index (χ2v) is 5.54. The summed E-state index contributed by atoms with van der Waals surface area (Å²) in [4.78, 5) is 22.1. The van der Waals surface area contributed by atoms with E-state index in [1.54, 1.807) is 0 Å². The van der Waals surface area contributed by atoms with Gasteiger partial charge in [-0.1, -0.05) is 30.3 Å². The fraction of sp³-hybridized carbons (Fsp3) is 0.500. The predicted octanol–water partition coefficient (Wildman–Crippen LogP) is 0.535. The van der Waals surface area contributed by atoms with Crippen LogP contribution >= 0.6 is 0 Å². The molecule has 7 heteroatoms. The fourth-order valence-electron chi connectivity index (χ4n) is 2.34. The predicted molar refractivity (Wildman–Crippen MR) is 84.6 cm³/mol. The molecule has 0 atom stereocenters. The lowest BCUT2D eigenvalue weighted by atomic mass is 9.87. The number of carbonyl (C=O) groups is 2. The molecule has 1 saturated carbocycles. The molecule has 0 aliphatic heterocycles. The third-order valence-electron chi connectivity index (χ3n) is 3.60. The highest BCUT2D eigenvalue weighted by Crippen LogP contribution is 2.19. The molecule has 23 heavy (non-hydrogen) atoms. The SMILES string of the molecule is NC(=O)COCCNC1CC(NC(=O)OCc2ccccc2)C1. The Labute approximate surface area is 135 Å². The molecule has 1 aromatic rings. The maximum absolute atomic E-state index is 11.7. The van der Waals surface area contributed by atoms with E-state index in [-0.39, 0.29) is 25.3 Å². The molecule has 0 spiro atoms. The standard InChI is InChI=1S/C16H23N3O4/c17-15(20)11-22-7-6-18-13-8-14(9-13)19-16(21)23-10-12-4-2-1-3-5-12/h1-5,13-14,18H,6-11H2,(H2,17,20)(H,19,21). The summed E-state index contributed by atoms with van der Waals surface area (Å²) >= 11 is 0. The van der Waals surface area contributed by atoms with E-state index in [1.807, 2.05) is 30.3 Å². The van der Waals surface area contributed by atoms with Gasteiger partial charge in [0, 0.05) is 18.6 Å². The zero-order valence-electron chi connectivity index (χ0n) is 13.0. The molecule has 0 unspecified atom stereocenters. The van der Waals surface area contributed by atoms with Gasteiger partial charge >= 0.3 is 6.09 Å². The number of nitrogens with two attached hydrogens (primary N) is 1. The second-order valence-electron chi connectivity index (χ2n) is 5.54. The lowest BCUT2D eigenvalue weighted by Gasteiger charge is -2.36. The van der Waals surface area contributed by atoms with Crippen LogP contribution < -0.4 is 16.4 Å². The van der Waals surface area contributed by atoms with Gasteiger partial charge in [-0.2, -0.15) is 0 Å². The Balaban J connectivity index is 1.49. The molecular weight excluding hydrogens is 298 g/mol. The normalized spacial score (nSPS) is 19.7. The van der Waals surface area contributed by atoms with Gasteiger partial charge < -0.3 is 25.8 Å². The number of carbonyl (C=O) groups excluding carboxylic acids is 2. The van der Waals surface area contributed by atoms with Crippen LogP contribution in [-0.2, 0) is 20.9 Å². The number of primary amides is 1. The van der Waals surface area contributed by atoms with Crippen molar-refractivity contribution in [3.63, 3.8) is 0 Å². The minimum atomic E-state index is -0.466. The third kappa shape index (κ3) is 6.66. The first kappa shape index (κ1) is 17.2. The van der Waals surface area contributed by atoms with E-state index in [9.17, 15) is 9.59 Å². The number of alkyl carbamates (subject to hydrolysis) is 1. The Bertz CT molecular complexity index is 503. The largest absolute Gasteiger partial charge is 0.445 e. The van der Waals surface area contributed by atoms with E-state index in [0.717, 1.165) is 18.4 Å². The molecule has 1 fully saturated rings. The van der Waals surface area contributed by atoms with Gasteiger partial charge in [0.2, 0.25) is 5.91 Å². The van der Waals surface area contributed by atoms with Crippen molar-refractivity contribution in [3.8, 4) is 0 Å². The van der Waals surface area contributed by atoms with Crippen molar-refractivity contribution in [2.45, 2.75) is 31.5 Å². The Kier molecular flexibility index (Phi) is 6.83. The van der Waals surface area contributed by atoms with Crippen LogP contribution in [0, 0.1) is 0 Å². The van der Waals surface area contributed by atoms with Crippen LogP contribution in [0.25, 0.3) is 0 Å². The van der Waals surface area contributed by atoms with Crippen molar-refractivity contribution in [1.82, 2.24) is 10.6 Å². The van der Waals surface area contributed by atoms with Gasteiger partial charge in [-0.3, -0.25) is 4.79 Å². The summed E-state index contributed by atoms with van der Waals surface area (Å²) in [5.41, 5.74) is 5.93. The Morgan fingerprint density at radius 1 is 1.17 bits per heavy atom. The van der Waals surface area contributed by atoms with Crippen LogP contribution in [0.3, 0.4) is 0 Å². The van der Waals surface area contributed by atoms with E-state index < -0.39 is 5.91 Å². The molecule has 1 aromatic carbocycles. The van der Waals surface area contributed by atoms with Crippen molar-refractivity contribution in [2.75, 3.05) is 19.8 Å². The monoisotopic (exact) mass is 321 g/mol. The first-order chi connectivity index (χ1) is 11.1. The number of hydrogen-bond acceptors (Lipinski definition) is 5. The quantitative estimate of drug-likeness (QED) is 0.576. The summed E-state index contributed by atoms with van der Waals surface area (Å²) in [6.45, 7) is 1.32. The zero-order chi connectivity index (χ0) is 16.5. The van der Waals surface area contributed by atoms with E-state index in [0.29, 0.717) is 19.2 Å². The van der Waals surface area contributed by atoms with Crippen molar-refractivity contribution < 1.29 is 19.1 Å². The van der Waals surface area contributed by atoms with Crippen LogP contribution in [0.5, 0.6) is 0 Å². The van der Waals surface area contributed by atoms with Gasteiger partial charge in [-0.15, -0.1) is 0 Å². The highest BCUT2D eigenvalue weighted by Gasteiger charge is 2.30. The minimum Gasteiger partial charge on any atom is -0.445 e. The van der Waals surface area contributed by atoms with Crippen LogP contribution in [0.1, 0.15) is 18.4 Å². The van der Waals surface area contributed by atoms with Gasteiger partial charge in [0.05, 0.1) is 6.61 Å². The lowest BCUT2D eigenvalue weighted by molar-refractivity contribution is -0.122. The molecule has 2 rings (SSSR count). The Morgan fingerprint density at radius 2 is 1.91 bits per heavy atom. The molecular formula is C16H23N3O4. The average molecular weight is 321 g/mol. The summed E-state index contributed by atoms with van der Waals surface area (Å²) in [6.07, 6.45) is 1.33. The zero-order valence-corrected chi connectivity index (χ0v) is 13.0. The number of amides is 2. The number of rotatable bonds is 9. The highest BCUT2D eigenvalue weighted by atomic mass is 16.5. The van der Waals surface area contributed by atoms with Crippen LogP contribution in [0.4, 0.5) is 4.79 Å². The van der Waals surface area contributed by atoms with E-state index in [1.165, 1.54) is 0 Å². The maximum Gasteiger partial charge on any atom is 0.407 e. The minimum absolute atomic E-state index is 0.0518. The van der Waals surface area contributed by atoms with E-state index in [2.05, 4.69) is 10.6 Å². The molecule has 0 radical (unpaired) electrons. The first-order valence-corrected chi connectivity index (χ1v) is 7.70. The van der Waals surface area contributed by atoms with E-state index in [4.69, 9.17) is 15.2 Å². The summed E-state index contributed by atoms with van der Waals surface area (Å²) in [7, 11) is 0. The van der Waals surface area contributed by atoms with Gasteiger partial charge in [0.15, 0.2) is 0 Å². The van der Waals surface area contributed by atoms with Crippen LogP contribution in [0.2, 0.25) is 0 Å². The molecule has 0 saturated heterocycles. The van der Waals surface area contributed by atoms with Gasteiger partial charge in [0.25, 0.3) is 0 Å². The third-order valence-corrected chi connectivity index (χ3v) is 3.60. The first-order valence-electron chi connectivity index (χ1n) is 7.70. The Morgan fingerprint density at radius 3 is 2.61 bits per heavy atom. The van der Waals surface area contributed by atoms with E-state index >= 15 is 0 Å². The molecule has 4 N–H and O–H groups in total. The molecule has 1 aliphatic carbocycles. The van der Waals surface area contributed by atoms with Crippen LogP contribution in [0.15, 0.2) is 30.3 Å². The maximum atomic E-state index is 11.7. The molecule has 7 nitrogen and oxygen atoms in total. The summed E-state index contributed by atoms with van der Waals surface area (Å²) < 4.78 is 10.2. The number of nitrogens with one attached hydrogen (secondary N) is 2. The van der Waals surface area contributed by atoms with Crippen LogP contribution in [-0.4, -0.2) is 43.8 Å². The van der Waals surface area contributed by atoms with Crippen molar-refractivity contribution >= 4 is 12.0 Å². The summed E-state index contributed by atoms with van der Waals surface area (Å²) in [5.74, 6) is -0.466. The lowest BCUT2D eigenvalue weighted by Crippen LogP contribution is -2.53. The van der Waals surface area contributed by atoms with Gasteiger partial charge in [-0.05, 0) is 18.4 Å². The highest BCUT2D eigenvalue weighted by molar-refractivity contribution is 5.74. The second kappa shape index (κ2) is 9.12. The molecule has 1 aliphatic rings. The summed E-state index contributed by atoms with van der Waals surface area (Å²) in [5, 5.41) is 6.12. The number of benzene rings is 1. The molecule has 0 heterocycles. The number of ether oxygens (including phenoxy) is 2. The molecule has 0 bridgehead atoms. The molecule has 2 amide bonds. The smallest absolute Gasteiger partial charge is 0.407 e. The Hall–Kier alpha value is -2.12.